The van der Waals surface area contributed by atoms with Crippen molar-refractivity contribution in [1.29, 1.82) is 0 Å². The number of ether oxygens (including phenoxy) is 2. The summed E-state index contributed by atoms with van der Waals surface area (Å²) in [6.07, 6.45) is 8.83. The molecule has 0 saturated carbocycles. The van der Waals surface area contributed by atoms with Gasteiger partial charge in [-0.3, -0.25) is 9.79 Å². The van der Waals surface area contributed by atoms with E-state index in [1.54, 1.807) is 7.05 Å². The Balaban J connectivity index is 1.92. The number of aliphatic hydroxyl groups excluding tert-OH is 1. The van der Waals surface area contributed by atoms with Gasteiger partial charge in [-0.2, -0.15) is 0 Å². The lowest BCUT2D eigenvalue weighted by Gasteiger charge is -2.36. The molecule has 4 atom stereocenters. The highest BCUT2D eigenvalue weighted by molar-refractivity contribution is 6.34. The third kappa shape index (κ3) is 4.49. The van der Waals surface area contributed by atoms with E-state index in [0.29, 0.717) is 24.9 Å². The fourth-order valence-electron chi connectivity index (χ4n) is 5.21. The zero-order valence-electron chi connectivity index (χ0n) is 20.4. The fraction of sp³-hybridized carbons (Fsp3) is 0.462. The number of nitrogens with zero attached hydrogens (tertiary/aromatic N) is 1. The van der Waals surface area contributed by atoms with Gasteiger partial charge in [0.1, 0.15) is 17.2 Å². The van der Waals surface area contributed by atoms with Crippen molar-refractivity contribution in [3.05, 3.63) is 57.9 Å². The third-order valence-electron chi connectivity index (χ3n) is 6.86. The molecule has 0 fully saturated rings. The lowest BCUT2D eigenvalue weighted by atomic mass is 9.76. The van der Waals surface area contributed by atoms with E-state index < -0.39 is 29.2 Å². The molecule has 7 nitrogen and oxygen atoms in total. The van der Waals surface area contributed by atoms with E-state index in [1.807, 2.05) is 24.3 Å². The third-order valence-corrected chi connectivity index (χ3v) is 7.23. The summed E-state index contributed by atoms with van der Waals surface area (Å²) in [6, 6.07) is 1.22. The number of amides is 1. The topological polar surface area (TPSA) is 92.2 Å². The number of hydrogen-bond donors (Lipinski definition) is 3. The van der Waals surface area contributed by atoms with Gasteiger partial charge >= 0.3 is 0 Å². The first-order chi connectivity index (χ1) is 17.2. The zero-order chi connectivity index (χ0) is 26.1. The number of aliphatic imine (C=N–C) groups is 1. The van der Waals surface area contributed by atoms with Crippen LogP contribution in [0.1, 0.15) is 24.5 Å². The molecule has 0 aromatic heterocycles. The van der Waals surface area contributed by atoms with Crippen LogP contribution in [0.15, 0.2) is 40.9 Å². The van der Waals surface area contributed by atoms with Crippen molar-refractivity contribution in [2.24, 2.45) is 10.9 Å². The highest BCUT2D eigenvalue weighted by Gasteiger charge is 2.50. The maximum atomic E-state index is 16.6. The maximum absolute atomic E-state index is 16.6. The van der Waals surface area contributed by atoms with Crippen molar-refractivity contribution in [3.8, 4) is 5.75 Å². The number of alkyl halides is 1. The van der Waals surface area contributed by atoms with Crippen LogP contribution in [0, 0.1) is 11.7 Å². The molecule has 0 bridgehead atoms. The number of carbonyl (C=O) groups excluding carboxylic acids is 1. The molecule has 1 amide bonds. The smallest absolute Gasteiger partial charge is 0.253 e. The Kier molecular flexibility index (Phi) is 7.66. The zero-order valence-corrected chi connectivity index (χ0v) is 21.2. The van der Waals surface area contributed by atoms with Gasteiger partial charge in [0.15, 0.2) is 11.9 Å². The molecular formula is C26H30ClF2N3O4. The molecule has 1 aromatic carbocycles. The predicted octanol–water partition coefficient (Wildman–Crippen LogP) is 3.15. The minimum Gasteiger partial charge on any atom is -0.485 e. The molecule has 2 heterocycles. The van der Waals surface area contributed by atoms with Crippen molar-refractivity contribution >= 4 is 29.3 Å². The van der Waals surface area contributed by atoms with E-state index in [1.165, 1.54) is 26.3 Å². The lowest BCUT2D eigenvalue weighted by Crippen LogP contribution is -2.49. The summed E-state index contributed by atoms with van der Waals surface area (Å²) in [5.41, 5.74) is -2.81. The molecule has 10 heteroatoms. The summed E-state index contributed by atoms with van der Waals surface area (Å²) in [5, 5.41) is 14.5. The number of likely N-dealkylation sites (N-methyl/N-ethyl adjacent to an activating group) is 2. The summed E-state index contributed by atoms with van der Waals surface area (Å²) in [7, 11) is 3.21. The number of carbonyl (C=O) groups is 1. The monoisotopic (exact) mass is 521 g/mol. The fourth-order valence-corrected chi connectivity index (χ4v) is 5.48. The normalized spacial score (nSPS) is 28.9. The summed E-state index contributed by atoms with van der Waals surface area (Å²) in [4.78, 5) is 16.9. The quantitative estimate of drug-likeness (QED) is 0.489. The summed E-state index contributed by atoms with van der Waals surface area (Å²) < 4.78 is 43.7. The Morgan fingerprint density at radius 1 is 1.39 bits per heavy atom. The second-order valence-corrected chi connectivity index (χ2v) is 9.60. The largest absolute Gasteiger partial charge is 0.485 e. The second kappa shape index (κ2) is 10.4. The lowest BCUT2D eigenvalue weighted by molar-refractivity contribution is -0.116. The molecule has 194 valence electrons. The van der Waals surface area contributed by atoms with E-state index in [-0.39, 0.29) is 46.6 Å². The van der Waals surface area contributed by atoms with E-state index in [4.69, 9.17) is 21.1 Å². The number of allylic oxidation sites excluding steroid dienone is 3. The first-order valence-electron chi connectivity index (χ1n) is 11.8. The highest BCUT2D eigenvalue weighted by atomic mass is 35.5. The molecule has 3 unspecified atom stereocenters. The van der Waals surface area contributed by atoms with E-state index in [2.05, 4.69) is 15.6 Å². The van der Waals surface area contributed by atoms with Gasteiger partial charge in [-0.1, -0.05) is 35.9 Å². The van der Waals surface area contributed by atoms with Gasteiger partial charge < -0.3 is 25.2 Å². The van der Waals surface area contributed by atoms with E-state index in [0.717, 1.165) is 0 Å². The van der Waals surface area contributed by atoms with Crippen LogP contribution in [0.4, 0.5) is 8.78 Å². The molecule has 1 aromatic rings. The second-order valence-electron chi connectivity index (χ2n) is 9.22. The van der Waals surface area contributed by atoms with Gasteiger partial charge in [0.2, 0.25) is 0 Å². The van der Waals surface area contributed by atoms with Gasteiger partial charge in [0, 0.05) is 54.9 Å². The number of rotatable bonds is 8. The van der Waals surface area contributed by atoms with Crippen LogP contribution in [-0.4, -0.2) is 68.6 Å². The van der Waals surface area contributed by atoms with Crippen LogP contribution in [0.5, 0.6) is 5.75 Å². The Labute approximate surface area is 213 Å². The van der Waals surface area contributed by atoms with Crippen molar-refractivity contribution in [2.45, 2.75) is 37.3 Å². The van der Waals surface area contributed by atoms with Crippen LogP contribution in [0.2, 0.25) is 5.02 Å². The molecule has 4 rings (SSSR count). The van der Waals surface area contributed by atoms with Gasteiger partial charge in [-0.05, 0) is 20.4 Å². The van der Waals surface area contributed by atoms with Crippen LogP contribution in [0.3, 0.4) is 0 Å². The van der Waals surface area contributed by atoms with Crippen molar-refractivity contribution in [3.63, 3.8) is 0 Å². The van der Waals surface area contributed by atoms with Crippen LogP contribution in [-0.2, 0) is 16.0 Å². The van der Waals surface area contributed by atoms with Crippen molar-refractivity contribution < 1.29 is 28.2 Å². The molecule has 1 aliphatic carbocycles. The van der Waals surface area contributed by atoms with Crippen molar-refractivity contribution in [1.82, 2.24) is 10.6 Å². The average Bonchev–Trinajstić information content (AvgIpc) is 3.23. The number of fused-ring (bicyclic) bond motifs is 1. The summed E-state index contributed by atoms with van der Waals surface area (Å²) >= 11 is 6.53. The average molecular weight is 522 g/mol. The number of hydrogen-bond acceptors (Lipinski definition) is 6. The standard InChI is InChI=1S/C26H30ClF2N3O4/c1-25(29)21(17(23(34)31-3)13-32-24(25)35-10-9-33)20-16-12-26(14-30-2,15-7-5-4-6-8-15)36-19(16)11-18(28)22(20)27/h4-7,11,13,15,24,30,33H,8-10,12,14H2,1-3H3,(H,31,34)/t15?,24?,25?,26-/m1/s1. The molecule has 0 radical (unpaired) electrons. The Morgan fingerprint density at radius 3 is 2.81 bits per heavy atom. The van der Waals surface area contributed by atoms with Gasteiger partial charge in [-0.25, -0.2) is 8.78 Å². The maximum Gasteiger partial charge on any atom is 0.253 e. The molecular weight excluding hydrogens is 492 g/mol. The minimum atomic E-state index is -2.38. The molecule has 0 saturated heterocycles. The van der Waals surface area contributed by atoms with Crippen LogP contribution < -0.4 is 15.4 Å². The molecule has 2 aliphatic heterocycles. The van der Waals surface area contributed by atoms with Crippen LogP contribution >= 0.6 is 11.6 Å². The van der Waals surface area contributed by atoms with Gasteiger partial charge in [-0.15, -0.1) is 0 Å². The van der Waals surface area contributed by atoms with E-state index >= 15 is 8.78 Å². The highest BCUT2D eigenvalue weighted by Crippen LogP contribution is 2.51. The Hall–Kier alpha value is -2.59. The number of nitrogens with one attached hydrogen (secondary N) is 2. The molecule has 3 aliphatic rings. The molecule has 36 heavy (non-hydrogen) atoms. The minimum absolute atomic E-state index is 0.0326. The van der Waals surface area contributed by atoms with Crippen LogP contribution in [0.25, 0.3) is 5.57 Å². The summed E-state index contributed by atoms with van der Waals surface area (Å²) in [5.74, 6) is -1.18. The number of halogens is 3. The summed E-state index contributed by atoms with van der Waals surface area (Å²) in [6.45, 7) is 1.14. The number of dihydropyridines is 1. The van der Waals surface area contributed by atoms with Crippen molar-refractivity contribution in [2.75, 3.05) is 33.9 Å². The molecule has 0 spiro atoms. The van der Waals surface area contributed by atoms with Gasteiger partial charge in [0.05, 0.1) is 23.8 Å². The first-order valence-corrected chi connectivity index (χ1v) is 12.2. The van der Waals surface area contributed by atoms with E-state index in [9.17, 15) is 9.90 Å². The number of aliphatic hydroxyl groups is 1. The number of benzene rings is 1. The Morgan fingerprint density at radius 2 is 2.17 bits per heavy atom. The van der Waals surface area contributed by atoms with Gasteiger partial charge in [0.25, 0.3) is 5.91 Å². The molecule has 3 N–H and O–H groups in total. The first kappa shape index (κ1) is 26.5. The predicted molar refractivity (Wildman–Crippen MR) is 135 cm³/mol. The SMILES string of the molecule is CNC[C@@]1(C2C=CC=CC2)Cc2c(cc(F)c(Cl)c2C2=C(C(=O)NC)C=NC(OCCO)C2(C)F)O1. The Bertz CT molecular complexity index is 1160.